The summed E-state index contributed by atoms with van der Waals surface area (Å²) in [5.41, 5.74) is 2.23. The molecule has 0 radical (unpaired) electrons. The molecule has 2 aromatic rings. The molecule has 1 aliphatic carbocycles. The number of ketones is 1. The van der Waals surface area contributed by atoms with Crippen molar-refractivity contribution in [1.82, 2.24) is 4.98 Å². The van der Waals surface area contributed by atoms with E-state index in [4.69, 9.17) is 9.72 Å². The lowest BCUT2D eigenvalue weighted by atomic mass is 9.70. The Hall–Kier alpha value is -2.86. The molecule has 1 aromatic carbocycles. The van der Waals surface area contributed by atoms with E-state index < -0.39 is 17.7 Å². The third-order valence-corrected chi connectivity index (χ3v) is 7.42. The molecule has 1 heterocycles. The van der Waals surface area contributed by atoms with Gasteiger partial charge >= 0.3 is 12.1 Å². The number of hydrogen-bond acceptors (Lipinski definition) is 6. The van der Waals surface area contributed by atoms with Crippen molar-refractivity contribution in [2.24, 2.45) is 11.3 Å². The zero-order chi connectivity index (χ0) is 26.7. The molecule has 1 unspecified atom stereocenters. The van der Waals surface area contributed by atoms with E-state index in [-0.39, 0.29) is 35.5 Å². The Morgan fingerprint density at radius 1 is 1.19 bits per heavy atom. The van der Waals surface area contributed by atoms with Gasteiger partial charge in [-0.3, -0.25) is 9.59 Å². The van der Waals surface area contributed by atoms with Crippen LogP contribution in [0.2, 0.25) is 0 Å². The van der Waals surface area contributed by atoms with Gasteiger partial charge < -0.3 is 4.74 Å². The van der Waals surface area contributed by atoms with Gasteiger partial charge in [0.2, 0.25) is 0 Å². The number of thioether (sulfide) groups is 1. The molecule has 9 heteroatoms. The quantitative estimate of drug-likeness (QED) is 0.240. The molecule has 0 fully saturated rings. The highest BCUT2D eigenvalue weighted by molar-refractivity contribution is 8.00. The van der Waals surface area contributed by atoms with Crippen molar-refractivity contribution in [3.8, 4) is 17.2 Å². The molecule has 1 aromatic heterocycles. The fraction of sp³-hybridized carbons (Fsp3) is 0.481. The standard InChI is InChI=1S/C27H29F3N2O3S/c1-5-35-23(34)13-19(33)15-36-25-21(14-31)24(16-6-8-17(9-7-16)27(28,29)30)20-12-18(26(2,3)4)10-11-22(20)32-25/h6-9,18H,5,10-13,15H2,1-4H3. The lowest BCUT2D eigenvalue weighted by molar-refractivity contribution is -0.145. The molecule has 192 valence electrons. The number of fused-ring (bicyclic) bond motifs is 1. The smallest absolute Gasteiger partial charge is 0.416 e. The molecule has 0 N–H and O–H groups in total. The Kier molecular flexibility index (Phi) is 8.50. The molecule has 3 rings (SSSR count). The number of alkyl halides is 3. The second-order valence-electron chi connectivity index (χ2n) is 9.89. The molecule has 0 amide bonds. The number of nitrogens with zero attached hydrogens (tertiary/aromatic N) is 2. The second kappa shape index (κ2) is 11.0. The Labute approximate surface area is 213 Å². The molecule has 0 bridgehead atoms. The Morgan fingerprint density at radius 3 is 2.42 bits per heavy atom. The van der Waals surface area contributed by atoms with Gasteiger partial charge in [-0.2, -0.15) is 18.4 Å². The first kappa shape index (κ1) is 27.7. The number of carbonyl (C=O) groups excluding carboxylic acids is 2. The highest BCUT2D eigenvalue weighted by Gasteiger charge is 2.34. The molecule has 36 heavy (non-hydrogen) atoms. The monoisotopic (exact) mass is 518 g/mol. The summed E-state index contributed by atoms with van der Waals surface area (Å²) < 4.78 is 44.3. The summed E-state index contributed by atoms with van der Waals surface area (Å²) in [6, 6.07) is 7.00. The van der Waals surface area contributed by atoms with E-state index in [2.05, 4.69) is 26.8 Å². The maximum absolute atomic E-state index is 13.2. The van der Waals surface area contributed by atoms with Crippen molar-refractivity contribution in [2.75, 3.05) is 12.4 Å². The van der Waals surface area contributed by atoms with Crippen LogP contribution in [0.5, 0.6) is 0 Å². The van der Waals surface area contributed by atoms with Gasteiger partial charge in [-0.25, -0.2) is 4.98 Å². The summed E-state index contributed by atoms with van der Waals surface area (Å²) in [6.45, 7) is 8.28. The van der Waals surface area contributed by atoms with E-state index in [1.807, 2.05) is 0 Å². The number of aromatic nitrogens is 1. The number of nitriles is 1. The van der Waals surface area contributed by atoms with Crippen LogP contribution in [0.1, 0.15) is 62.9 Å². The van der Waals surface area contributed by atoms with Gasteiger partial charge in [-0.05, 0) is 60.8 Å². The number of carbonyl (C=O) groups is 2. The van der Waals surface area contributed by atoms with E-state index in [9.17, 15) is 28.0 Å². The van der Waals surface area contributed by atoms with Gasteiger partial charge in [0.1, 0.15) is 17.5 Å². The average molecular weight is 519 g/mol. The van der Waals surface area contributed by atoms with E-state index in [1.165, 1.54) is 12.1 Å². The molecular weight excluding hydrogens is 489 g/mol. The van der Waals surface area contributed by atoms with E-state index in [1.54, 1.807) is 6.92 Å². The van der Waals surface area contributed by atoms with Crippen LogP contribution in [0.15, 0.2) is 29.3 Å². The molecule has 1 atom stereocenters. The van der Waals surface area contributed by atoms with E-state index in [0.717, 1.165) is 41.6 Å². The SMILES string of the molecule is CCOC(=O)CC(=O)CSc1nc2c(c(-c3ccc(C(F)(F)F)cc3)c1C#N)CC(C(C)(C)C)CC2. The zero-order valence-corrected chi connectivity index (χ0v) is 21.6. The molecule has 0 spiro atoms. The van der Waals surface area contributed by atoms with Crippen molar-refractivity contribution in [3.05, 3.63) is 46.6 Å². The minimum atomic E-state index is -4.47. The van der Waals surface area contributed by atoms with Crippen molar-refractivity contribution < 1.29 is 27.5 Å². The normalized spacial score (nSPS) is 15.7. The Balaban J connectivity index is 2.06. The van der Waals surface area contributed by atoms with Crippen LogP contribution in [0.4, 0.5) is 13.2 Å². The molecule has 0 aliphatic heterocycles. The van der Waals surface area contributed by atoms with Crippen LogP contribution in [-0.4, -0.2) is 29.1 Å². The Morgan fingerprint density at radius 2 is 1.86 bits per heavy atom. The first-order valence-electron chi connectivity index (χ1n) is 11.8. The second-order valence-corrected chi connectivity index (χ2v) is 10.9. The zero-order valence-electron chi connectivity index (χ0n) is 20.8. The minimum Gasteiger partial charge on any atom is -0.466 e. The summed E-state index contributed by atoms with van der Waals surface area (Å²) in [5.74, 6) is -0.723. The van der Waals surface area contributed by atoms with Crippen LogP contribution in [-0.2, 0) is 33.3 Å². The van der Waals surface area contributed by atoms with Gasteiger partial charge in [-0.1, -0.05) is 44.7 Å². The number of esters is 1. The minimum absolute atomic E-state index is 0.00878. The maximum Gasteiger partial charge on any atom is 0.416 e. The predicted molar refractivity (Wildman–Crippen MR) is 131 cm³/mol. The van der Waals surface area contributed by atoms with Crippen molar-refractivity contribution in [1.29, 1.82) is 5.26 Å². The number of hydrogen-bond donors (Lipinski definition) is 0. The van der Waals surface area contributed by atoms with Crippen LogP contribution in [0.3, 0.4) is 0 Å². The van der Waals surface area contributed by atoms with Gasteiger partial charge in [0.15, 0.2) is 5.78 Å². The number of ether oxygens (including phenoxy) is 1. The number of Topliss-reactive ketones (excluding diaryl/α,β-unsaturated/α-hetero) is 1. The number of pyridine rings is 1. The highest BCUT2D eigenvalue weighted by Crippen LogP contribution is 2.43. The van der Waals surface area contributed by atoms with Gasteiger partial charge in [-0.15, -0.1) is 0 Å². The molecule has 1 aliphatic rings. The number of aryl methyl sites for hydroxylation is 1. The molecule has 5 nitrogen and oxygen atoms in total. The summed E-state index contributed by atoms with van der Waals surface area (Å²) in [5, 5.41) is 10.5. The molecular formula is C27H29F3N2O3S. The number of benzene rings is 1. The summed E-state index contributed by atoms with van der Waals surface area (Å²) >= 11 is 1.06. The largest absolute Gasteiger partial charge is 0.466 e. The number of halogens is 3. The average Bonchev–Trinajstić information content (AvgIpc) is 2.80. The van der Waals surface area contributed by atoms with Crippen molar-refractivity contribution >= 4 is 23.5 Å². The summed E-state index contributed by atoms with van der Waals surface area (Å²) in [4.78, 5) is 28.6. The van der Waals surface area contributed by atoms with Crippen LogP contribution in [0.25, 0.3) is 11.1 Å². The third-order valence-electron chi connectivity index (χ3n) is 6.38. The van der Waals surface area contributed by atoms with Gasteiger partial charge in [0.25, 0.3) is 0 Å². The highest BCUT2D eigenvalue weighted by atomic mass is 32.2. The van der Waals surface area contributed by atoms with E-state index >= 15 is 0 Å². The first-order chi connectivity index (χ1) is 16.8. The van der Waals surface area contributed by atoms with Crippen LogP contribution >= 0.6 is 11.8 Å². The fourth-order valence-electron chi connectivity index (χ4n) is 4.40. The van der Waals surface area contributed by atoms with Crippen molar-refractivity contribution in [2.45, 2.75) is 64.6 Å². The lowest BCUT2D eigenvalue weighted by Crippen LogP contribution is -2.28. The Bertz CT molecular complexity index is 1180. The van der Waals surface area contributed by atoms with Crippen LogP contribution in [0, 0.1) is 22.7 Å². The van der Waals surface area contributed by atoms with Crippen molar-refractivity contribution in [3.63, 3.8) is 0 Å². The fourth-order valence-corrected chi connectivity index (χ4v) is 5.27. The lowest BCUT2D eigenvalue weighted by Gasteiger charge is -2.36. The number of rotatable bonds is 7. The predicted octanol–water partition coefficient (Wildman–Crippen LogP) is 6.40. The van der Waals surface area contributed by atoms with E-state index in [0.29, 0.717) is 34.9 Å². The summed E-state index contributed by atoms with van der Waals surface area (Å²) in [6.07, 6.45) is -2.61. The van der Waals surface area contributed by atoms with Gasteiger partial charge in [0.05, 0.1) is 23.5 Å². The van der Waals surface area contributed by atoms with Gasteiger partial charge in [0, 0.05) is 11.3 Å². The summed E-state index contributed by atoms with van der Waals surface area (Å²) in [7, 11) is 0. The van der Waals surface area contributed by atoms with Crippen LogP contribution < -0.4 is 0 Å². The third kappa shape index (κ3) is 6.47. The topological polar surface area (TPSA) is 80.1 Å². The maximum atomic E-state index is 13.2. The molecule has 0 saturated carbocycles. The molecule has 0 saturated heterocycles. The first-order valence-corrected chi connectivity index (χ1v) is 12.8.